The standard InChI is InChI=1S/C19H17Cl2NO5/c1-26-19(25)16(9-12-5-3-2-4-6-12)22-17(23)11-27-18(24)14-8-7-13(20)10-15(14)21/h2-8,10,16H,9,11H2,1H3,(H,22,23)/t16-/m0/s1. The summed E-state index contributed by atoms with van der Waals surface area (Å²) in [5.41, 5.74) is 0.931. The van der Waals surface area contributed by atoms with E-state index in [4.69, 9.17) is 32.7 Å². The molecule has 0 spiro atoms. The number of rotatable bonds is 7. The predicted octanol–water partition coefficient (Wildman–Crippen LogP) is 3.05. The van der Waals surface area contributed by atoms with E-state index in [0.29, 0.717) is 5.02 Å². The number of methoxy groups -OCH3 is 1. The summed E-state index contributed by atoms with van der Waals surface area (Å²) in [5, 5.41) is 2.99. The molecule has 2 rings (SSSR count). The molecule has 8 heteroatoms. The zero-order valence-corrected chi connectivity index (χ0v) is 15.9. The van der Waals surface area contributed by atoms with E-state index < -0.39 is 30.5 Å². The maximum absolute atomic E-state index is 12.1. The van der Waals surface area contributed by atoms with Crippen molar-refractivity contribution in [2.45, 2.75) is 12.5 Å². The van der Waals surface area contributed by atoms with Crippen molar-refractivity contribution < 1.29 is 23.9 Å². The molecule has 0 bridgehead atoms. The van der Waals surface area contributed by atoms with Gasteiger partial charge in [0.2, 0.25) is 0 Å². The number of esters is 2. The fourth-order valence-corrected chi connectivity index (χ4v) is 2.77. The molecule has 0 aliphatic carbocycles. The Morgan fingerprint density at radius 1 is 1.07 bits per heavy atom. The molecule has 0 aromatic heterocycles. The Labute approximate surface area is 166 Å². The topological polar surface area (TPSA) is 81.7 Å². The van der Waals surface area contributed by atoms with Crippen molar-refractivity contribution in [3.05, 3.63) is 69.7 Å². The summed E-state index contributed by atoms with van der Waals surface area (Å²) in [6.07, 6.45) is 0.246. The first-order valence-corrected chi connectivity index (χ1v) is 8.69. The summed E-state index contributed by atoms with van der Waals surface area (Å²) < 4.78 is 9.66. The second-order valence-electron chi connectivity index (χ2n) is 5.53. The third-order valence-corrected chi connectivity index (χ3v) is 4.14. The van der Waals surface area contributed by atoms with Gasteiger partial charge in [-0.25, -0.2) is 9.59 Å². The van der Waals surface area contributed by atoms with Crippen molar-refractivity contribution in [1.82, 2.24) is 5.32 Å². The van der Waals surface area contributed by atoms with Gasteiger partial charge in [0.15, 0.2) is 6.61 Å². The number of amides is 1. The van der Waals surface area contributed by atoms with E-state index in [1.807, 2.05) is 30.3 Å². The first-order valence-electron chi connectivity index (χ1n) is 7.94. The van der Waals surface area contributed by atoms with Crippen molar-refractivity contribution in [2.24, 2.45) is 0 Å². The number of benzene rings is 2. The molecule has 6 nitrogen and oxygen atoms in total. The van der Waals surface area contributed by atoms with Crippen LogP contribution in [-0.4, -0.2) is 37.6 Å². The Morgan fingerprint density at radius 2 is 1.78 bits per heavy atom. The third kappa shape index (κ3) is 6.27. The van der Waals surface area contributed by atoms with Crippen LogP contribution in [0.5, 0.6) is 0 Å². The Balaban J connectivity index is 1.94. The molecule has 0 fully saturated rings. The molecule has 0 saturated carbocycles. The molecule has 2 aromatic rings. The number of hydrogen-bond acceptors (Lipinski definition) is 5. The number of carbonyl (C=O) groups excluding carboxylic acids is 3. The van der Waals surface area contributed by atoms with Crippen LogP contribution in [0.4, 0.5) is 0 Å². The van der Waals surface area contributed by atoms with Crippen LogP contribution in [0.3, 0.4) is 0 Å². The lowest BCUT2D eigenvalue weighted by atomic mass is 10.1. The van der Waals surface area contributed by atoms with Crippen molar-refractivity contribution >= 4 is 41.0 Å². The Kier molecular flexibility index (Phi) is 7.64. The molecule has 1 atom stereocenters. The molecule has 0 heterocycles. The molecule has 0 saturated heterocycles. The van der Waals surface area contributed by atoms with Crippen LogP contribution in [0.15, 0.2) is 48.5 Å². The Morgan fingerprint density at radius 3 is 2.41 bits per heavy atom. The minimum atomic E-state index is -0.900. The average molecular weight is 410 g/mol. The Bertz CT molecular complexity index is 826. The zero-order valence-electron chi connectivity index (χ0n) is 14.4. The smallest absolute Gasteiger partial charge is 0.340 e. The van der Waals surface area contributed by atoms with E-state index in [9.17, 15) is 14.4 Å². The van der Waals surface area contributed by atoms with E-state index >= 15 is 0 Å². The zero-order chi connectivity index (χ0) is 19.8. The lowest BCUT2D eigenvalue weighted by Crippen LogP contribution is -2.44. The van der Waals surface area contributed by atoms with E-state index in [-0.39, 0.29) is 17.0 Å². The van der Waals surface area contributed by atoms with E-state index in [1.54, 1.807) is 0 Å². The van der Waals surface area contributed by atoms with Gasteiger partial charge in [-0.1, -0.05) is 53.5 Å². The largest absolute Gasteiger partial charge is 0.467 e. The highest BCUT2D eigenvalue weighted by Crippen LogP contribution is 2.21. The van der Waals surface area contributed by atoms with Gasteiger partial charge in [0, 0.05) is 11.4 Å². The van der Waals surface area contributed by atoms with Gasteiger partial charge >= 0.3 is 11.9 Å². The molecule has 142 valence electrons. The van der Waals surface area contributed by atoms with Crippen LogP contribution < -0.4 is 5.32 Å². The first-order chi connectivity index (χ1) is 12.9. The van der Waals surface area contributed by atoms with Gasteiger partial charge < -0.3 is 14.8 Å². The minimum Gasteiger partial charge on any atom is -0.467 e. The van der Waals surface area contributed by atoms with Crippen molar-refractivity contribution in [3.8, 4) is 0 Å². The van der Waals surface area contributed by atoms with Gasteiger partial charge in [-0.3, -0.25) is 4.79 Å². The second-order valence-corrected chi connectivity index (χ2v) is 6.38. The third-order valence-electron chi connectivity index (χ3n) is 3.59. The molecule has 0 radical (unpaired) electrons. The van der Waals surface area contributed by atoms with Crippen molar-refractivity contribution in [3.63, 3.8) is 0 Å². The minimum absolute atomic E-state index is 0.0858. The highest BCUT2D eigenvalue weighted by atomic mass is 35.5. The van der Waals surface area contributed by atoms with Gasteiger partial charge in [0.25, 0.3) is 5.91 Å². The number of halogens is 2. The van der Waals surface area contributed by atoms with Crippen molar-refractivity contribution in [1.29, 1.82) is 0 Å². The lowest BCUT2D eigenvalue weighted by Gasteiger charge is -2.16. The highest BCUT2D eigenvalue weighted by molar-refractivity contribution is 6.36. The highest BCUT2D eigenvalue weighted by Gasteiger charge is 2.23. The summed E-state index contributed by atoms with van der Waals surface area (Å²) in [7, 11) is 1.23. The van der Waals surface area contributed by atoms with Gasteiger partial charge in [0.1, 0.15) is 6.04 Å². The summed E-state index contributed by atoms with van der Waals surface area (Å²) in [5.74, 6) is -2.01. The van der Waals surface area contributed by atoms with E-state index in [2.05, 4.69) is 5.32 Å². The molecule has 0 unspecified atom stereocenters. The summed E-state index contributed by atoms with van der Waals surface area (Å²) in [6.45, 7) is -0.569. The quantitative estimate of drug-likeness (QED) is 0.710. The molecule has 0 aliphatic rings. The average Bonchev–Trinajstić information content (AvgIpc) is 2.65. The number of nitrogens with one attached hydrogen (secondary N) is 1. The molecule has 1 amide bonds. The van der Waals surface area contributed by atoms with E-state index in [0.717, 1.165) is 5.56 Å². The van der Waals surface area contributed by atoms with Crippen LogP contribution in [0.25, 0.3) is 0 Å². The molecular formula is C19H17Cl2NO5. The van der Waals surface area contributed by atoms with Crippen molar-refractivity contribution in [2.75, 3.05) is 13.7 Å². The summed E-state index contributed by atoms with van der Waals surface area (Å²) >= 11 is 11.7. The van der Waals surface area contributed by atoms with Gasteiger partial charge in [-0.15, -0.1) is 0 Å². The summed E-state index contributed by atoms with van der Waals surface area (Å²) in [6, 6.07) is 12.5. The molecule has 2 aromatic carbocycles. The van der Waals surface area contributed by atoms with Gasteiger partial charge in [-0.2, -0.15) is 0 Å². The number of ether oxygens (including phenoxy) is 2. The maximum Gasteiger partial charge on any atom is 0.340 e. The Hall–Kier alpha value is -2.57. The number of carbonyl (C=O) groups is 3. The van der Waals surface area contributed by atoms with Crippen LogP contribution >= 0.6 is 23.2 Å². The second kappa shape index (κ2) is 9.94. The van der Waals surface area contributed by atoms with Gasteiger partial charge in [-0.05, 0) is 23.8 Å². The van der Waals surface area contributed by atoms with Crippen LogP contribution in [-0.2, 0) is 25.5 Å². The van der Waals surface area contributed by atoms with Gasteiger partial charge in [0.05, 0.1) is 17.7 Å². The summed E-state index contributed by atoms with van der Waals surface area (Å²) in [4.78, 5) is 36.0. The first kappa shape index (κ1) is 20.7. The number of hydrogen-bond donors (Lipinski definition) is 1. The van der Waals surface area contributed by atoms with Crippen LogP contribution in [0, 0.1) is 0 Å². The normalized spacial score (nSPS) is 11.4. The molecule has 27 heavy (non-hydrogen) atoms. The molecule has 1 N–H and O–H groups in total. The van der Waals surface area contributed by atoms with E-state index in [1.165, 1.54) is 25.3 Å². The lowest BCUT2D eigenvalue weighted by molar-refractivity contribution is -0.145. The fraction of sp³-hybridized carbons (Fsp3) is 0.211. The monoisotopic (exact) mass is 409 g/mol. The predicted molar refractivity (Wildman–Crippen MR) is 101 cm³/mol. The molecular weight excluding hydrogens is 393 g/mol. The molecule has 0 aliphatic heterocycles. The van der Waals surface area contributed by atoms with Crippen LogP contribution in [0.1, 0.15) is 15.9 Å². The SMILES string of the molecule is COC(=O)[C@H](Cc1ccccc1)NC(=O)COC(=O)c1ccc(Cl)cc1Cl. The fourth-order valence-electron chi connectivity index (χ4n) is 2.29. The maximum atomic E-state index is 12.1. The van der Waals surface area contributed by atoms with Crippen LogP contribution in [0.2, 0.25) is 10.0 Å².